The molecule has 0 aliphatic rings. The van der Waals surface area contributed by atoms with Gasteiger partial charge in [0.05, 0.1) is 16.4 Å². The Morgan fingerprint density at radius 1 is 0.553 bits per heavy atom. The maximum absolute atomic E-state index is 14.9. The minimum atomic E-state index is -0.0317. The normalized spacial score (nSPS) is 13.1. The minimum absolute atomic E-state index is 0.0170. The van der Waals surface area contributed by atoms with Gasteiger partial charge in [-0.15, -0.1) is 0 Å². The lowest BCUT2D eigenvalue weighted by Crippen LogP contribution is -2.11. The first kappa shape index (κ1) is 25.3. The average Bonchev–Trinajstić information content (AvgIpc) is 3.74. The summed E-state index contributed by atoms with van der Waals surface area (Å²) in [6.45, 7) is 6.62. The molecule has 5 nitrogen and oxygen atoms in total. The second-order valence-corrected chi connectivity index (χ2v) is 14.0. The second kappa shape index (κ2) is 8.25. The lowest BCUT2D eigenvalue weighted by Gasteiger charge is -2.18. The number of hydrogen-bond acceptors (Lipinski definition) is 4. The molecule has 220 valence electrons. The van der Waals surface area contributed by atoms with E-state index in [1.165, 1.54) is 48.7 Å². The standard InChI is InChI=1S/C42H26N4O/c1-42(2,3)24-6-9-32-31(18-24)45-40-38-29-19-27(21-10-14-43-15-11-21)25-7-4-23-5-8-26-28(22-12-16-44-17-13-22)20-30(39(38)41(47)46(32)40)37-35(26)33(23)34(25)36(29)37/h4-20H,1-3H3. The summed E-state index contributed by atoms with van der Waals surface area (Å²) in [5.41, 5.74) is 7.99. The van der Waals surface area contributed by atoms with Crippen LogP contribution in [0.2, 0.25) is 0 Å². The Morgan fingerprint density at radius 3 is 1.68 bits per heavy atom. The summed E-state index contributed by atoms with van der Waals surface area (Å²) >= 11 is 0. The van der Waals surface area contributed by atoms with Crippen LogP contribution in [-0.4, -0.2) is 19.4 Å². The van der Waals surface area contributed by atoms with Gasteiger partial charge in [0.1, 0.15) is 5.65 Å². The van der Waals surface area contributed by atoms with Crippen LogP contribution in [0.1, 0.15) is 26.3 Å². The van der Waals surface area contributed by atoms with Crippen LogP contribution in [-0.2, 0) is 5.41 Å². The number of pyridine rings is 2. The Kier molecular flexibility index (Phi) is 4.44. The maximum Gasteiger partial charge on any atom is 0.265 e. The van der Waals surface area contributed by atoms with Gasteiger partial charge in [-0.3, -0.25) is 19.2 Å². The Morgan fingerprint density at radius 2 is 1.11 bits per heavy atom. The van der Waals surface area contributed by atoms with Crippen molar-refractivity contribution in [3.8, 4) is 22.3 Å². The molecule has 4 heterocycles. The number of benzene rings is 6. The van der Waals surface area contributed by atoms with Crippen molar-refractivity contribution in [1.29, 1.82) is 0 Å². The van der Waals surface area contributed by atoms with Crippen molar-refractivity contribution in [2.75, 3.05) is 0 Å². The van der Waals surface area contributed by atoms with Crippen molar-refractivity contribution in [2.45, 2.75) is 26.2 Å². The summed E-state index contributed by atoms with van der Waals surface area (Å²) in [5, 5.41) is 13.5. The van der Waals surface area contributed by atoms with E-state index >= 15 is 0 Å². The van der Waals surface area contributed by atoms with Crippen LogP contribution in [0.25, 0.3) is 104 Å². The van der Waals surface area contributed by atoms with Gasteiger partial charge in [-0.25, -0.2) is 4.98 Å². The van der Waals surface area contributed by atoms with Crippen molar-refractivity contribution in [3.05, 3.63) is 120 Å². The van der Waals surface area contributed by atoms with Crippen LogP contribution in [0, 0.1) is 0 Å². The Balaban J connectivity index is 1.45. The van der Waals surface area contributed by atoms with Crippen molar-refractivity contribution in [1.82, 2.24) is 19.4 Å². The molecule has 0 aliphatic carbocycles. The fraction of sp³-hybridized carbons (Fsp3) is 0.0952. The molecule has 0 saturated heterocycles. The van der Waals surface area contributed by atoms with Crippen LogP contribution < -0.4 is 5.56 Å². The predicted molar refractivity (Wildman–Crippen MR) is 194 cm³/mol. The summed E-state index contributed by atoms with van der Waals surface area (Å²) in [4.78, 5) is 28.8. The Labute approximate surface area is 268 Å². The zero-order valence-corrected chi connectivity index (χ0v) is 26.0. The molecule has 0 saturated carbocycles. The van der Waals surface area contributed by atoms with E-state index in [9.17, 15) is 4.79 Å². The molecule has 47 heavy (non-hydrogen) atoms. The van der Waals surface area contributed by atoms with Crippen LogP contribution in [0.3, 0.4) is 0 Å². The molecule has 7 aromatic carbocycles. The lowest BCUT2D eigenvalue weighted by atomic mass is 9.87. The van der Waals surface area contributed by atoms with E-state index in [1.54, 1.807) is 0 Å². The van der Waals surface area contributed by atoms with Crippen LogP contribution in [0.15, 0.2) is 108 Å². The van der Waals surface area contributed by atoms with E-state index in [1.807, 2.05) is 29.2 Å². The third-order valence-corrected chi connectivity index (χ3v) is 10.6. The SMILES string of the molecule is CC(C)(C)c1ccc2c(c1)nc1c3c4cc(-c5ccncc5)c5ccc6ccc7c(-c8ccncc8)cc(c3c(=O)n21)c1c7c6c5c41. The maximum atomic E-state index is 14.9. The van der Waals surface area contributed by atoms with Gasteiger partial charge in [0.15, 0.2) is 0 Å². The monoisotopic (exact) mass is 602 g/mol. The molecule has 0 bridgehead atoms. The van der Waals surface area contributed by atoms with Crippen molar-refractivity contribution in [2.24, 2.45) is 0 Å². The van der Waals surface area contributed by atoms with Crippen molar-refractivity contribution in [3.63, 3.8) is 0 Å². The fourth-order valence-corrected chi connectivity index (χ4v) is 8.45. The third kappa shape index (κ3) is 3.00. The van der Waals surface area contributed by atoms with E-state index in [0.717, 1.165) is 60.5 Å². The third-order valence-electron chi connectivity index (χ3n) is 10.6. The number of nitrogens with zero attached hydrogens (tertiary/aromatic N) is 4. The largest absolute Gasteiger partial charge is 0.268 e. The molecule has 0 fully saturated rings. The van der Waals surface area contributed by atoms with Crippen molar-refractivity contribution >= 4 is 81.3 Å². The summed E-state index contributed by atoms with van der Waals surface area (Å²) < 4.78 is 1.85. The highest BCUT2D eigenvalue weighted by molar-refractivity contribution is 6.50. The fourth-order valence-electron chi connectivity index (χ4n) is 8.45. The van der Waals surface area contributed by atoms with E-state index in [-0.39, 0.29) is 11.0 Å². The number of fused-ring (bicyclic) bond motifs is 7. The van der Waals surface area contributed by atoms with Crippen LogP contribution in [0.5, 0.6) is 0 Å². The first-order chi connectivity index (χ1) is 22.9. The van der Waals surface area contributed by atoms with Crippen LogP contribution >= 0.6 is 0 Å². The number of imidazole rings is 1. The molecule has 0 radical (unpaired) electrons. The Bertz CT molecular complexity index is 3100. The molecule has 0 N–H and O–H groups in total. The summed E-state index contributed by atoms with van der Waals surface area (Å²) in [7, 11) is 0. The first-order valence-corrected chi connectivity index (χ1v) is 16.1. The van der Waals surface area contributed by atoms with Gasteiger partial charge in [0.2, 0.25) is 0 Å². The number of aromatic nitrogens is 4. The summed E-state index contributed by atoms with van der Waals surface area (Å²) in [5.74, 6) is 0. The number of rotatable bonds is 2. The zero-order valence-electron chi connectivity index (χ0n) is 26.0. The van der Waals surface area contributed by atoms with Gasteiger partial charge in [-0.1, -0.05) is 51.1 Å². The van der Waals surface area contributed by atoms with E-state index in [2.05, 4.69) is 110 Å². The summed E-state index contributed by atoms with van der Waals surface area (Å²) in [6.07, 6.45) is 7.38. The van der Waals surface area contributed by atoms with E-state index in [0.29, 0.717) is 0 Å². The quantitative estimate of drug-likeness (QED) is 0.185. The molecule has 0 amide bonds. The van der Waals surface area contributed by atoms with E-state index < -0.39 is 0 Å². The highest BCUT2D eigenvalue weighted by Crippen LogP contribution is 2.54. The number of hydrogen-bond donors (Lipinski definition) is 0. The molecule has 11 rings (SSSR count). The molecule has 0 aliphatic heterocycles. The zero-order chi connectivity index (χ0) is 31.3. The lowest BCUT2D eigenvalue weighted by molar-refractivity contribution is 0.591. The molecule has 4 aromatic heterocycles. The topological polar surface area (TPSA) is 60.2 Å². The average molecular weight is 603 g/mol. The predicted octanol–water partition coefficient (Wildman–Crippen LogP) is 9.94. The first-order valence-electron chi connectivity index (χ1n) is 16.1. The van der Waals surface area contributed by atoms with E-state index in [4.69, 9.17) is 4.98 Å². The molecule has 5 heteroatoms. The molecular weight excluding hydrogens is 576 g/mol. The molecule has 0 atom stereocenters. The van der Waals surface area contributed by atoms with Gasteiger partial charge in [-0.2, -0.15) is 0 Å². The van der Waals surface area contributed by atoms with Gasteiger partial charge in [0, 0.05) is 30.2 Å². The van der Waals surface area contributed by atoms with Gasteiger partial charge >= 0.3 is 0 Å². The van der Waals surface area contributed by atoms with Gasteiger partial charge in [-0.05, 0) is 136 Å². The highest BCUT2D eigenvalue weighted by Gasteiger charge is 2.29. The van der Waals surface area contributed by atoms with Gasteiger partial charge in [0.25, 0.3) is 5.56 Å². The Hall–Kier alpha value is -5.94. The second-order valence-electron chi connectivity index (χ2n) is 14.0. The van der Waals surface area contributed by atoms with Crippen molar-refractivity contribution < 1.29 is 0 Å². The molecular formula is C42H26N4O. The molecule has 0 unspecified atom stereocenters. The highest BCUT2D eigenvalue weighted by atomic mass is 16.1. The molecule has 11 aromatic rings. The smallest absolute Gasteiger partial charge is 0.265 e. The van der Waals surface area contributed by atoms with Gasteiger partial charge < -0.3 is 0 Å². The molecule has 0 spiro atoms. The minimum Gasteiger partial charge on any atom is -0.268 e. The van der Waals surface area contributed by atoms with Crippen LogP contribution in [0.4, 0.5) is 0 Å². The summed E-state index contributed by atoms with van der Waals surface area (Å²) in [6, 6.07) is 28.2.